The Morgan fingerprint density at radius 3 is 2.79 bits per heavy atom. The highest BCUT2D eigenvalue weighted by molar-refractivity contribution is 6.46. The lowest BCUT2D eigenvalue weighted by molar-refractivity contribution is -0.140. The number of Topliss-reactive ketones (excluding diaryl/α,β-unsaturated/α-hetero) is 1. The number of aryl methyl sites for hydroxylation is 1. The molecule has 4 rings (SSSR count). The highest BCUT2D eigenvalue weighted by Gasteiger charge is 2.47. The van der Waals surface area contributed by atoms with Gasteiger partial charge in [-0.25, -0.2) is 4.98 Å². The molecule has 1 atom stereocenters. The van der Waals surface area contributed by atoms with Gasteiger partial charge in [-0.05, 0) is 37.1 Å². The van der Waals surface area contributed by atoms with Crippen molar-refractivity contribution in [1.29, 1.82) is 0 Å². The molecule has 8 nitrogen and oxygen atoms in total. The molecule has 33 heavy (non-hydrogen) atoms. The summed E-state index contributed by atoms with van der Waals surface area (Å²) in [5, 5.41) is 11.1. The Morgan fingerprint density at radius 2 is 2.06 bits per heavy atom. The highest BCUT2D eigenvalue weighted by Crippen LogP contribution is 2.40. The predicted molar refractivity (Wildman–Crippen MR) is 121 cm³/mol. The van der Waals surface area contributed by atoms with E-state index >= 15 is 0 Å². The fourth-order valence-electron chi connectivity index (χ4n) is 3.92. The molecular formula is C25H27N3O5. The van der Waals surface area contributed by atoms with Crippen LogP contribution in [0.15, 0.2) is 71.4 Å². The van der Waals surface area contributed by atoms with E-state index in [2.05, 4.69) is 11.9 Å². The number of carbonyl (C=O) groups is 2. The van der Waals surface area contributed by atoms with Gasteiger partial charge in [0.15, 0.2) is 0 Å². The maximum atomic E-state index is 13.0. The molecule has 8 heteroatoms. The van der Waals surface area contributed by atoms with Crippen molar-refractivity contribution in [3.05, 3.63) is 78.3 Å². The number of furan rings is 1. The third-order valence-corrected chi connectivity index (χ3v) is 5.60. The number of benzene rings is 1. The number of carbonyl (C=O) groups excluding carboxylic acids is 2. The van der Waals surface area contributed by atoms with Crippen LogP contribution < -0.4 is 4.74 Å². The van der Waals surface area contributed by atoms with E-state index in [0.29, 0.717) is 43.2 Å². The Kier molecular flexibility index (Phi) is 6.92. The first-order valence-electron chi connectivity index (χ1n) is 11.1. The Balaban J connectivity index is 1.64. The molecule has 172 valence electrons. The number of imidazole rings is 1. The summed E-state index contributed by atoms with van der Waals surface area (Å²) in [6, 6.07) is 9.52. The number of rotatable bonds is 10. The molecule has 3 heterocycles. The van der Waals surface area contributed by atoms with E-state index in [-0.39, 0.29) is 11.3 Å². The third kappa shape index (κ3) is 4.84. The van der Waals surface area contributed by atoms with Crippen molar-refractivity contribution in [3.63, 3.8) is 0 Å². The monoisotopic (exact) mass is 449 g/mol. The first-order chi connectivity index (χ1) is 16.1. The second-order valence-electron chi connectivity index (χ2n) is 7.89. The summed E-state index contributed by atoms with van der Waals surface area (Å²) in [5.41, 5.74) is 0.431. The summed E-state index contributed by atoms with van der Waals surface area (Å²) < 4.78 is 13.2. The molecule has 1 aliphatic heterocycles. The molecule has 0 spiro atoms. The smallest absolute Gasteiger partial charge is 0.295 e. The van der Waals surface area contributed by atoms with Gasteiger partial charge in [0, 0.05) is 31.0 Å². The molecule has 0 radical (unpaired) electrons. The van der Waals surface area contributed by atoms with Gasteiger partial charge in [0.25, 0.3) is 11.7 Å². The first-order valence-corrected chi connectivity index (χ1v) is 11.1. The van der Waals surface area contributed by atoms with Gasteiger partial charge in [0.2, 0.25) is 0 Å². The molecule has 1 N–H and O–H groups in total. The second-order valence-corrected chi connectivity index (χ2v) is 7.89. The topological polar surface area (TPSA) is 97.8 Å². The zero-order valence-corrected chi connectivity index (χ0v) is 18.5. The molecule has 1 amide bonds. The van der Waals surface area contributed by atoms with Gasteiger partial charge in [-0.3, -0.25) is 9.59 Å². The second kappa shape index (κ2) is 10.2. The third-order valence-electron chi connectivity index (χ3n) is 5.60. The van der Waals surface area contributed by atoms with Crippen LogP contribution >= 0.6 is 0 Å². The number of amides is 1. The summed E-state index contributed by atoms with van der Waals surface area (Å²) in [4.78, 5) is 31.4. The number of hydrogen-bond donors (Lipinski definition) is 1. The fourth-order valence-corrected chi connectivity index (χ4v) is 3.92. The molecule has 1 unspecified atom stereocenters. The molecule has 1 aliphatic rings. The zero-order valence-electron chi connectivity index (χ0n) is 18.5. The van der Waals surface area contributed by atoms with Crippen molar-refractivity contribution >= 4 is 17.4 Å². The van der Waals surface area contributed by atoms with Crippen molar-refractivity contribution < 1.29 is 23.8 Å². The van der Waals surface area contributed by atoms with Crippen molar-refractivity contribution in [2.45, 2.75) is 38.8 Å². The lowest BCUT2D eigenvalue weighted by Crippen LogP contribution is -2.31. The number of hydrogen-bond acceptors (Lipinski definition) is 6. The van der Waals surface area contributed by atoms with Crippen molar-refractivity contribution in [2.24, 2.45) is 0 Å². The van der Waals surface area contributed by atoms with E-state index in [0.717, 1.165) is 12.8 Å². The number of ketones is 1. The molecule has 1 saturated heterocycles. The molecule has 0 saturated carbocycles. The van der Waals surface area contributed by atoms with Gasteiger partial charge < -0.3 is 23.7 Å². The van der Waals surface area contributed by atoms with Crippen LogP contribution in [0.1, 0.15) is 43.6 Å². The first kappa shape index (κ1) is 22.4. The van der Waals surface area contributed by atoms with Crippen molar-refractivity contribution in [1.82, 2.24) is 14.5 Å². The minimum Gasteiger partial charge on any atom is -0.507 e. The fraction of sp³-hybridized carbons (Fsp3) is 0.320. The number of unbranched alkanes of at least 4 members (excludes halogenated alkanes) is 1. The number of likely N-dealkylation sites (tertiary alicyclic amines) is 1. The minimum absolute atomic E-state index is 0.0169. The van der Waals surface area contributed by atoms with E-state index in [9.17, 15) is 14.7 Å². The van der Waals surface area contributed by atoms with Crippen LogP contribution in [0.5, 0.6) is 5.75 Å². The van der Waals surface area contributed by atoms with Gasteiger partial charge in [0.1, 0.15) is 23.3 Å². The average Bonchev–Trinajstić information content (AvgIpc) is 3.58. The predicted octanol–water partition coefficient (Wildman–Crippen LogP) is 4.17. The summed E-state index contributed by atoms with van der Waals surface area (Å²) in [7, 11) is 0. The lowest BCUT2D eigenvalue weighted by atomic mass is 9.99. The number of aliphatic hydroxyl groups is 1. The molecular weight excluding hydrogens is 422 g/mol. The maximum absolute atomic E-state index is 13.0. The molecule has 3 aromatic rings. The minimum atomic E-state index is -0.799. The molecule has 0 bridgehead atoms. The van der Waals surface area contributed by atoms with E-state index in [1.807, 2.05) is 10.8 Å². The lowest BCUT2D eigenvalue weighted by Gasteiger charge is -2.23. The highest BCUT2D eigenvalue weighted by atomic mass is 16.5. The summed E-state index contributed by atoms with van der Waals surface area (Å²) in [5.74, 6) is -0.606. The maximum Gasteiger partial charge on any atom is 0.295 e. The Bertz CT molecular complexity index is 1120. The Labute approximate surface area is 192 Å². The van der Waals surface area contributed by atoms with Crippen LogP contribution in [-0.4, -0.2) is 44.4 Å². The average molecular weight is 450 g/mol. The summed E-state index contributed by atoms with van der Waals surface area (Å²) in [6.07, 6.45) is 9.26. The number of aromatic nitrogens is 2. The van der Waals surface area contributed by atoms with E-state index in [1.54, 1.807) is 48.9 Å². The van der Waals surface area contributed by atoms with Gasteiger partial charge in [-0.2, -0.15) is 0 Å². The summed E-state index contributed by atoms with van der Waals surface area (Å²) >= 11 is 0. The van der Waals surface area contributed by atoms with Crippen LogP contribution in [-0.2, 0) is 16.1 Å². The molecule has 2 aromatic heterocycles. The van der Waals surface area contributed by atoms with Crippen molar-refractivity contribution in [3.8, 4) is 5.75 Å². The van der Waals surface area contributed by atoms with E-state index in [1.165, 1.54) is 11.2 Å². The molecule has 1 fully saturated rings. The van der Waals surface area contributed by atoms with Gasteiger partial charge in [-0.1, -0.05) is 25.5 Å². The standard InChI is InChI=1S/C25H27N3O5/c1-2-3-14-32-19-8-4-7-18(16-19)23(29)21-22(20-9-5-15-33-20)28(25(31)24(21)30)12-6-11-27-13-10-26-17-27/h4-5,7-10,13,15-17,22,29H,2-3,6,11-12,14H2,1H3. The van der Waals surface area contributed by atoms with Gasteiger partial charge >= 0.3 is 0 Å². The molecule has 0 aliphatic carbocycles. The van der Waals surface area contributed by atoms with Crippen LogP contribution in [0, 0.1) is 0 Å². The number of nitrogens with zero attached hydrogens (tertiary/aromatic N) is 3. The van der Waals surface area contributed by atoms with Gasteiger partial charge in [0.05, 0.1) is 24.8 Å². The number of aliphatic hydroxyl groups excluding tert-OH is 1. The van der Waals surface area contributed by atoms with Crippen LogP contribution in [0.2, 0.25) is 0 Å². The van der Waals surface area contributed by atoms with E-state index in [4.69, 9.17) is 9.15 Å². The normalized spacial score (nSPS) is 17.6. The quantitative estimate of drug-likeness (QED) is 0.216. The largest absolute Gasteiger partial charge is 0.507 e. The number of ether oxygens (including phenoxy) is 1. The zero-order chi connectivity index (χ0) is 23.2. The van der Waals surface area contributed by atoms with Gasteiger partial charge in [-0.15, -0.1) is 0 Å². The molecule has 1 aromatic carbocycles. The SMILES string of the molecule is CCCCOc1cccc(C(O)=C2C(=O)C(=O)N(CCCn3ccnc3)C2c2ccco2)c1. The van der Waals surface area contributed by atoms with Crippen LogP contribution in [0.3, 0.4) is 0 Å². The van der Waals surface area contributed by atoms with E-state index < -0.39 is 17.7 Å². The Hall–Kier alpha value is -3.81. The van der Waals surface area contributed by atoms with Crippen LogP contribution in [0.4, 0.5) is 0 Å². The van der Waals surface area contributed by atoms with Crippen LogP contribution in [0.25, 0.3) is 5.76 Å². The van der Waals surface area contributed by atoms with Crippen molar-refractivity contribution in [2.75, 3.05) is 13.2 Å². The summed E-state index contributed by atoms with van der Waals surface area (Å²) in [6.45, 7) is 3.61. The Morgan fingerprint density at radius 1 is 1.18 bits per heavy atom.